The van der Waals surface area contributed by atoms with Crippen LogP contribution in [0.4, 0.5) is 10.1 Å². The minimum absolute atomic E-state index is 0.0659. The van der Waals surface area contributed by atoms with Crippen LogP contribution < -0.4 is 4.90 Å². The molecule has 1 fully saturated rings. The van der Waals surface area contributed by atoms with Crippen molar-refractivity contribution in [3.8, 4) is 6.07 Å². The van der Waals surface area contributed by atoms with E-state index in [0.717, 1.165) is 17.5 Å². The fourth-order valence-electron chi connectivity index (χ4n) is 3.69. The first-order chi connectivity index (χ1) is 14.4. The number of hydrogen-bond donors (Lipinski definition) is 0. The molecule has 1 aliphatic heterocycles. The second kappa shape index (κ2) is 8.19. The number of aromatic nitrogens is 1. The molecule has 0 saturated carbocycles. The molecule has 0 radical (unpaired) electrons. The topological polar surface area (TPSA) is 77.3 Å². The highest BCUT2D eigenvalue weighted by Crippen LogP contribution is 2.32. The Morgan fingerprint density at radius 2 is 1.83 bits per heavy atom. The molecule has 6 nitrogen and oxygen atoms in total. The highest BCUT2D eigenvalue weighted by atomic mass is 35.5. The molecule has 0 amide bonds. The van der Waals surface area contributed by atoms with Crippen LogP contribution in [-0.4, -0.2) is 43.9 Å². The van der Waals surface area contributed by atoms with Crippen molar-refractivity contribution in [1.29, 1.82) is 5.26 Å². The van der Waals surface area contributed by atoms with Gasteiger partial charge in [0.25, 0.3) is 0 Å². The van der Waals surface area contributed by atoms with Crippen LogP contribution >= 0.6 is 11.6 Å². The predicted octanol–water partition coefficient (Wildman–Crippen LogP) is 3.80. The van der Waals surface area contributed by atoms with Gasteiger partial charge < -0.3 is 4.90 Å². The van der Waals surface area contributed by atoms with E-state index in [1.54, 1.807) is 18.2 Å². The molecule has 1 aromatic heterocycles. The molecule has 2 heterocycles. The molecule has 0 atom stereocenters. The first-order valence-electron chi connectivity index (χ1n) is 9.39. The third kappa shape index (κ3) is 3.84. The smallest absolute Gasteiger partial charge is 0.243 e. The van der Waals surface area contributed by atoms with Crippen molar-refractivity contribution in [3.05, 3.63) is 65.1 Å². The Morgan fingerprint density at radius 3 is 2.57 bits per heavy atom. The first-order valence-corrected chi connectivity index (χ1v) is 11.2. The van der Waals surface area contributed by atoms with Gasteiger partial charge in [-0.1, -0.05) is 11.6 Å². The van der Waals surface area contributed by atoms with Gasteiger partial charge in [-0.2, -0.15) is 9.57 Å². The lowest BCUT2D eigenvalue weighted by atomic mass is 10.1. The number of rotatable bonds is 3. The van der Waals surface area contributed by atoms with E-state index < -0.39 is 15.8 Å². The molecule has 0 N–H and O–H groups in total. The zero-order valence-electron chi connectivity index (χ0n) is 15.9. The van der Waals surface area contributed by atoms with Crippen LogP contribution in [0.1, 0.15) is 12.0 Å². The number of sulfonamides is 1. The van der Waals surface area contributed by atoms with E-state index in [1.165, 1.54) is 22.6 Å². The molecule has 30 heavy (non-hydrogen) atoms. The van der Waals surface area contributed by atoms with Crippen LogP contribution in [-0.2, 0) is 10.0 Å². The Hall–Kier alpha value is -2.73. The van der Waals surface area contributed by atoms with Gasteiger partial charge in [-0.3, -0.25) is 4.98 Å². The summed E-state index contributed by atoms with van der Waals surface area (Å²) in [7, 11) is -3.73. The molecular formula is C21H18ClFN4O2S. The van der Waals surface area contributed by atoms with E-state index in [4.69, 9.17) is 11.6 Å². The van der Waals surface area contributed by atoms with Crippen LogP contribution in [0.2, 0.25) is 5.02 Å². The van der Waals surface area contributed by atoms with Gasteiger partial charge in [0.15, 0.2) is 0 Å². The Labute approximate surface area is 179 Å². The molecule has 1 aliphatic rings. The van der Waals surface area contributed by atoms with Crippen LogP contribution in [0.25, 0.3) is 10.9 Å². The molecule has 3 aromatic rings. The predicted molar refractivity (Wildman–Crippen MR) is 113 cm³/mol. The van der Waals surface area contributed by atoms with E-state index in [0.29, 0.717) is 47.8 Å². The number of pyridine rings is 1. The number of halogens is 2. The summed E-state index contributed by atoms with van der Waals surface area (Å²) in [5, 5.41) is 10.9. The molecule has 9 heteroatoms. The van der Waals surface area contributed by atoms with Gasteiger partial charge in [-0.05, 0) is 48.9 Å². The van der Waals surface area contributed by atoms with Gasteiger partial charge in [0.05, 0.1) is 21.7 Å². The van der Waals surface area contributed by atoms with Crippen molar-refractivity contribution in [2.45, 2.75) is 11.3 Å². The van der Waals surface area contributed by atoms with Crippen LogP contribution in [0, 0.1) is 17.1 Å². The second-order valence-electron chi connectivity index (χ2n) is 6.99. The normalized spacial score (nSPS) is 15.7. The van der Waals surface area contributed by atoms with E-state index >= 15 is 0 Å². The van der Waals surface area contributed by atoms with Gasteiger partial charge in [0.2, 0.25) is 10.0 Å². The van der Waals surface area contributed by atoms with Crippen molar-refractivity contribution < 1.29 is 12.8 Å². The van der Waals surface area contributed by atoms with E-state index in [-0.39, 0.29) is 11.4 Å². The highest BCUT2D eigenvalue weighted by molar-refractivity contribution is 7.89. The minimum atomic E-state index is -3.73. The summed E-state index contributed by atoms with van der Waals surface area (Å²) >= 11 is 6.18. The van der Waals surface area contributed by atoms with E-state index in [1.807, 2.05) is 4.90 Å². The average molecular weight is 445 g/mol. The second-order valence-corrected chi connectivity index (χ2v) is 9.37. The van der Waals surface area contributed by atoms with Gasteiger partial charge >= 0.3 is 0 Å². The van der Waals surface area contributed by atoms with Gasteiger partial charge in [-0.15, -0.1) is 0 Å². The van der Waals surface area contributed by atoms with Crippen molar-refractivity contribution in [2.75, 3.05) is 31.1 Å². The summed E-state index contributed by atoms with van der Waals surface area (Å²) in [4.78, 5) is 6.41. The molecule has 0 unspecified atom stereocenters. The largest absolute Gasteiger partial charge is 0.368 e. The zero-order valence-corrected chi connectivity index (χ0v) is 17.5. The lowest BCUT2D eigenvalue weighted by molar-refractivity contribution is 0.433. The quantitative estimate of drug-likeness (QED) is 0.614. The Morgan fingerprint density at radius 1 is 1.07 bits per heavy atom. The third-order valence-corrected chi connectivity index (χ3v) is 7.29. The summed E-state index contributed by atoms with van der Waals surface area (Å²) < 4.78 is 40.6. The molecular weight excluding hydrogens is 427 g/mol. The Bertz CT molecular complexity index is 1240. The summed E-state index contributed by atoms with van der Waals surface area (Å²) in [5.74, 6) is -0.483. The van der Waals surface area contributed by atoms with Crippen molar-refractivity contribution in [2.24, 2.45) is 0 Å². The Balaban J connectivity index is 1.66. The van der Waals surface area contributed by atoms with Gasteiger partial charge in [-0.25, -0.2) is 12.8 Å². The lowest BCUT2D eigenvalue weighted by Gasteiger charge is -2.25. The Kier molecular flexibility index (Phi) is 5.60. The molecule has 4 rings (SSSR count). The van der Waals surface area contributed by atoms with Crippen LogP contribution in [0.3, 0.4) is 0 Å². The van der Waals surface area contributed by atoms with Crippen LogP contribution in [0.5, 0.6) is 0 Å². The summed E-state index contributed by atoms with van der Waals surface area (Å²) in [6.45, 7) is 1.56. The van der Waals surface area contributed by atoms with Gasteiger partial charge in [0.1, 0.15) is 11.9 Å². The number of fused-ring (bicyclic) bond motifs is 1. The van der Waals surface area contributed by atoms with Crippen LogP contribution in [0.15, 0.2) is 53.6 Å². The molecule has 0 aliphatic carbocycles. The summed E-state index contributed by atoms with van der Waals surface area (Å²) in [5.41, 5.74) is 1.85. The number of hydrogen-bond acceptors (Lipinski definition) is 5. The molecule has 1 saturated heterocycles. The monoisotopic (exact) mass is 444 g/mol. The summed E-state index contributed by atoms with van der Waals surface area (Å²) in [6, 6.07) is 12.3. The van der Waals surface area contributed by atoms with E-state index in [2.05, 4.69) is 11.1 Å². The average Bonchev–Trinajstić information content (AvgIpc) is 2.99. The fourth-order valence-corrected chi connectivity index (χ4v) is 5.33. The SMILES string of the molecule is N#Cc1cnc2ccc(Cl)cc2c1N1CCCN(S(=O)(=O)c2ccc(F)cc2)CC1. The first kappa shape index (κ1) is 20.5. The molecule has 0 bridgehead atoms. The van der Waals surface area contributed by atoms with Crippen molar-refractivity contribution in [1.82, 2.24) is 9.29 Å². The number of benzene rings is 2. The molecule has 154 valence electrons. The lowest BCUT2D eigenvalue weighted by Crippen LogP contribution is -2.35. The maximum absolute atomic E-state index is 13.2. The maximum atomic E-state index is 13.2. The zero-order chi connectivity index (χ0) is 21.3. The summed E-state index contributed by atoms with van der Waals surface area (Å²) in [6.07, 6.45) is 2.11. The van der Waals surface area contributed by atoms with Crippen molar-refractivity contribution >= 4 is 38.2 Å². The molecule has 2 aromatic carbocycles. The number of anilines is 1. The fraction of sp³-hybridized carbons (Fsp3) is 0.238. The van der Waals surface area contributed by atoms with E-state index in [9.17, 15) is 18.1 Å². The number of nitriles is 1. The van der Waals surface area contributed by atoms with Gasteiger partial charge in [0, 0.05) is 42.8 Å². The third-order valence-electron chi connectivity index (χ3n) is 5.14. The minimum Gasteiger partial charge on any atom is -0.368 e. The van der Waals surface area contributed by atoms with Crippen molar-refractivity contribution in [3.63, 3.8) is 0 Å². The molecule has 0 spiro atoms. The maximum Gasteiger partial charge on any atom is 0.243 e. The number of nitrogens with zero attached hydrogens (tertiary/aromatic N) is 4. The standard InChI is InChI=1S/C21H18ClFN4O2S/c22-16-2-7-20-19(12-16)21(15(13-24)14-25-20)26-8-1-9-27(11-10-26)30(28,29)18-5-3-17(23)4-6-18/h2-7,12,14H,1,8-11H2. The highest BCUT2D eigenvalue weighted by Gasteiger charge is 2.28.